The van der Waals surface area contributed by atoms with Crippen molar-refractivity contribution in [2.45, 2.75) is 0 Å². The second-order valence-electron chi connectivity index (χ2n) is 3.80. The zero-order chi connectivity index (χ0) is 11.7. The summed E-state index contributed by atoms with van der Waals surface area (Å²) in [6, 6.07) is 16.3. The van der Waals surface area contributed by atoms with Gasteiger partial charge in [-0.1, -0.05) is 54.1 Å². The number of benzene rings is 2. The van der Waals surface area contributed by atoms with E-state index in [2.05, 4.69) is 28.4 Å². The molecule has 3 aromatic rings. The summed E-state index contributed by atoms with van der Waals surface area (Å²) in [4.78, 5) is 0. The normalized spacial score (nSPS) is 10.6. The van der Waals surface area contributed by atoms with E-state index in [1.54, 1.807) is 6.20 Å². The molecule has 2 aromatic carbocycles. The van der Waals surface area contributed by atoms with E-state index >= 15 is 0 Å². The molecule has 3 heteroatoms. The SMILES string of the molecule is Clc1nncc2ccc(-c3ccccc3)cc12. The van der Waals surface area contributed by atoms with Crippen LogP contribution in [-0.4, -0.2) is 10.2 Å². The second kappa shape index (κ2) is 4.15. The monoisotopic (exact) mass is 240 g/mol. The van der Waals surface area contributed by atoms with Crippen LogP contribution in [-0.2, 0) is 0 Å². The van der Waals surface area contributed by atoms with E-state index in [0.717, 1.165) is 16.3 Å². The van der Waals surface area contributed by atoms with Crippen LogP contribution < -0.4 is 0 Å². The molecule has 0 amide bonds. The molecule has 0 bridgehead atoms. The predicted octanol–water partition coefficient (Wildman–Crippen LogP) is 3.95. The minimum absolute atomic E-state index is 0.445. The number of nitrogens with zero attached hydrogens (tertiary/aromatic N) is 2. The van der Waals surface area contributed by atoms with Crippen molar-refractivity contribution in [2.75, 3.05) is 0 Å². The van der Waals surface area contributed by atoms with Gasteiger partial charge in [-0.2, -0.15) is 5.10 Å². The van der Waals surface area contributed by atoms with Gasteiger partial charge in [0.15, 0.2) is 5.15 Å². The Morgan fingerprint density at radius 3 is 2.53 bits per heavy atom. The maximum atomic E-state index is 6.04. The fourth-order valence-electron chi connectivity index (χ4n) is 1.85. The third kappa shape index (κ3) is 1.87. The third-order valence-electron chi connectivity index (χ3n) is 2.73. The Morgan fingerprint density at radius 1 is 0.882 bits per heavy atom. The van der Waals surface area contributed by atoms with Crippen LogP contribution in [0.2, 0.25) is 5.15 Å². The van der Waals surface area contributed by atoms with Crippen molar-refractivity contribution in [2.24, 2.45) is 0 Å². The molecule has 0 atom stereocenters. The van der Waals surface area contributed by atoms with Gasteiger partial charge in [-0.25, -0.2) is 0 Å². The van der Waals surface area contributed by atoms with Crippen LogP contribution in [0.1, 0.15) is 0 Å². The molecule has 0 aliphatic carbocycles. The van der Waals surface area contributed by atoms with Gasteiger partial charge in [0.1, 0.15) is 0 Å². The Hall–Kier alpha value is -1.93. The summed E-state index contributed by atoms with van der Waals surface area (Å²) in [7, 11) is 0. The van der Waals surface area contributed by atoms with Crippen LogP contribution in [0.4, 0.5) is 0 Å². The number of hydrogen-bond donors (Lipinski definition) is 0. The van der Waals surface area contributed by atoms with Crippen molar-refractivity contribution in [3.8, 4) is 11.1 Å². The van der Waals surface area contributed by atoms with Crippen LogP contribution in [0.15, 0.2) is 54.7 Å². The van der Waals surface area contributed by atoms with E-state index in [1.807, 2.05) is 30.3 Å². The highest BCUT2D eigenvalue weighted by Gasteiger charge is 2.03. The molecule has 0 saturated carbocycles. The van der Waals surface area contributed by atoms with Crippen LogP contribution in [0.25, 0.3) is 21.9 Å². The van der Waals surface area contributed by atoms with Crippen molar-refractivity contribution in [3.63, 3.8) is 0 Å². The van der Waals surface area contributed by atoms with Gasteiger partial charge < -0.3 is 0 Å². The summed E-state index contributed by atoms with van der Waals surface area (Å²) in [5.41, 5.74) is 2.30. The van der Waals surface area contributed by atoms with E-state index in [4.69, 9.17) is 11.6 Å². The minimum atomic E-state index is 0.445. The van der Waals surface area contributed by atoms with E-state index in [9.17, 15) is 0 Å². The first kappa shape index (κ1) is 10.2. The molecule has 82 valence electrons. The third-order valence-corrected chi connectivity index (χ3v) is 3.00. The zero-order valence-electron chi connectivity index (χ0n) is 8.97. The maximum absolute atomic E-state index is 6.04. The number of aromatic nitrogens is 2. The van der Waals surface area contributed by atoms with Crippen LogP contribution >= 0.6 is 11.6 Å². The first-order chi connectivity index (χ1) is 8.34. The number of rotatable bonds is 1. The molecular formula is C14H9ClN2. The highest BCUT2D eigenvalue weighted by atomic mass is 35.5. The van der Waals surface area contributed by atoms with Gasteiger partial charge in [-0.15, -0.1) is 5.10 Å². The van der Waals surface area contributed by atoms with Crippen LogP contribution in [0.5, 0.6) is 0 Å². The fourth-order valence-corrected chi connectivity index (χ4v) is 2.06. The summed E-state index contributed by atoms with van der Waals surface area (Å²) >= 11 is 6.04. The van der Waals surface area contributed by atoms with Crippen molar-refractivity contribution in [1.82, 2.24) is 10.2 Å². The average Bonchev–Trinajstić information content (AvgIpc) is 2.40. The second-order valence-corrected chi connectivity index (χ2v) is 4.16. The first-order valence-electron chi connectivity index (χ1n) is 5.31. The van der Waals surface area contributed by atoms with E-state index in [-0.39, 0.29) is 0 Å². The Bertz CT molecular complexity index is 665. The lowest BCUT2D eigenvalue weighted by Crippen LogP contribution is -1.85. The number of fused-ring (bicyclic) bond motifs is 1. The summed E-state index contributed by atoms with van der Waals surface area (Å²) in [5, 5.41) is 10.1. The Morgan fingerprint density at radius 2 is 1.71 bits per heavy atom. The molecule has 0 saturated heterocycles. The molecule has 0 unspecified atom stereocenters. The van der Waals surface area contributed by atoms with Gasteiger partial charge in [0.2, 0.25) is 0 Å². The molecule has 3 rings (SSSR count). The number of hydrogen-bond acceptors (Lipinski definition) is 2. The lowest BCUT2D eigenvalue weighted by molar-refractivity contribution is 1.05. The molecule has 2 nitrogen and oxygen atoms in total. The van der Waals surface area contributed by atoms with E-state index in [0.29, 0.717) is 5.15 Å². The smallest absolute Gasteiger partial charge is 0.157 e. The first-order valence-corrected chi connectivity index (χ1v) is 5.69. The minimum Gasteiger partial charge on any atom is -0.157 e. The Labute approximate surface area is 104 Å². The summed E-state index contributed by atoms with van der Waals surface area (Å²) < 4.78 is 0. The van der Waals surface area contributed by atoms with Crippen molar-refractivity contribution < 1.29 is 0 Å². The van der Waals surface area contributed by atoms with Gasteiger partial charge in [0, 0.05) is 10.8 Å². The van der Waals surface area contributed by atoms with Crippen molar-refractivity contribution in [3.05, 3.63) is 59.9 Å². The van der Waals surface area contributed by atoms with Crippen molar-refractivity contribution in [1.29, 1.82) is 0 Å². The molecule has 17 heavy (non-hydrogen) atoms. The number of halogens is 1. The molecule has 0 spiro atoms. The highest BCUT2D eigenvalue weighted by molar-refractivity contribution is 6.34. The molecule has 0 fully saturated rings. The molecule has 0 aliphatic rings. The van der Waals surface area contributed by atoms with Crippen LogP contribution in [0, 0.1) is 0 Å². The predicted molar refractivity (Wildman–Crippen MR) is 70.0 cm³/mol. The quantitative estimate of drug-likeness (QED) is 0.644. The molecule has 1 aromatic heterocycles. The van der Waals surface area contributed by atoms with E-state index in [1.165, 1.54) is 5.56 Å². The Balaban J connectivity index is 2.23. The van der Waals surface area contributed by atoms with Gasteiger partial charge in [-0.05, 0) is 17.2 Å². The van der Waals surface area contributed by atoms with Gasteiger partial charge in [0.05, 0.1) is 6.20 Å². The summed E-state index contributed by atoms with van der Waals surface area (Å²) in [6.45, 7) is 0. The highest BCUT2D eigenvalue weighted by Crippen LogP contribution is 2.26. The molecule has 0 N–H and O–H groups in total. The largest absolute Gasteiger partial charge is 0.159 e. The maximum Gasteiger partial charge on any atom is 0.159 e. The Kier molecular flexibility index (Phi) is 2.50. The molecular weight excluding hydrogens is 232 g/mol. The van der Waals surface area contributed by atoms with Crippen molar-refractivity contribution >= 4 is 22.4 Å². The summed E-state index contributed by atoms with van der Waals surface area (Å²) in [6.07, 6.45) is 1.72. The molecule has 0 radical (unpaired) electrons. The fraction of sp³-hybridized carbons (Fsp3) is 0. The lowest BCUT2D eigenvalue weighted by atomic mass is 10.0. The summed E-state index contributed by atoms with van der Waals surface area (Å²) in [5.74, 6) is 0. The van der Waals surface area contributed by atoms with Gasteiger partial charge >= 0.3 is 0 Å². The standard InChI is InChI=1S/C14H9ClN2/c15-14-13-8-11(10-4-2-1-3-5-10)6-7-12(13)9-16-17-14/h1-9H. The molecule has 0 aliphatic heterocycles. The van der Waals surface area contributed by atoms with Crippen LogP contribution in [0.3, 0.4) is 0 Å². The van der Waals surface area contributed by atoms with Gasteiger partial charge in [-0.3, -0.25) is 0 Å². The zero-order valence-corrected chi connectivity index (χ0v) is 9.72. The lowest BCUT2D eigenvalue weighted by Gasteiger charge is -2.04. The average molecular weight is 241 g/mol. The molecule has 1 heterocycles. The van der Waals surface area contributed by atoms with E-state index < -0.39 is 0 Å². The topological polar surface area (TPSA) is 25.8 Å². The van der Waals surface area contributed by atoms with Gasteiger partial charge in [0.25, 0.3) is 0 Å².